The second kappa shape index (κ2) is 5.72. The number of terminal acetylenes is 1. The highest BCUT2D eigenvalue weighted by Crippen LogP contribution is 2.15. The molecule has 94 valence electrons. The first-order valence-electron chi connectivity index (χ1n) is 6.01. The average molecular weight is 236 g/mol. The molecule has 1 aliphatic heterocycles. The zero-order valence-corrected chi connectivity index (χ0v) is 10.7. The van der Waals surface area contributed by atoms with E-state index >= 15 is 0 Å². The maximum atomic E-state index is 12.2. The molecule has 4 heteroatoms. The van der Waals surface area contributed by atoms with Crippen LogP contribution in [0.3, 0.4) is 0 Å². The fraction of sp³-hybridized carbons (Fsp3) is 0.692. The molecular formula is C13H20N2O2. The third-order valence-electron chi connectivity index (χ3n) is 2.95. The number of piperazine rings is 1. The summed E-state index contributed by atoms with van der Waals surface area (Å²) >= 11 is 0. The van der Waals surface area contributed by atoms with Gasteiger partial charge < -0.3 is 10.2 Å². The summed E-state index contributed by atoms with van der Waals surface area (Å²) in [5.41, 5.74) is 0. The topological polar surface area (TPSA) is 49.4 Å². The molecule has 1 saturated heterocycles. The van der Waals surface area contributed by atoms with Crippen LogP contribution in [0.25, 0.3) is 0 Å². The smallest absolute Gasteiger partial charge is 0.245 e. The summed E-state index contributed by atoms with van der Waals surface area (Å²) in [5, 5.41) is 2.77. The van der Waals surface area contributed by atoms with Crippen molar-refractivity contribution in [1.29, 1.82) is 0 Å². The Morgan fingerprint density at radius 3 is 2.65 bits per heavy atom. The highest BCUT2D eigenvalue weighted by molar-refractivity contribution is 5.96. The molecule has 0 spiro atoms. The molecule has 0 aliphatic carbocycles. The third kappa shape index (κ3) is 3.23. The molecule has 1 rings (SSSR count). The Labute approximate surface area is 103 Å². The van der Waals surface area contributed by atoms with Gasteiger partial charge >= 0.3 is 0 Å². The number of carbonyl (C=O) groups is 2. The highest BCUT2D eigenvalue weighted by Gasteiger charge is 2.37. The van der Waals surface area contributed by atoms with Crippen LogP contribution in [-0.4, -0.2) is 35.3 Å². The van der Waals surface area contributed by atoms with Crippen molar-refractivity contribution >= 4 is 11.8 Å². The first-order chi connectivity index (χ1) is 7.97. The fourth-order valence-corrected chi connectivity index (χ4v) is 2.01. The summed E-state index contributed by atoms with van der Waals surface area (Å²) in [6, 6.07) is -0.810. The molecule has 1 N–H and O–H groups in total. The predicted octanol–water partition coefficient (Wildman–Crippen LogP) is 0.771. The summed E-state index contributed by atoms with van der Waals surface area (Å²) in [5.74, 6) is 2.77. The summed E-state index contributed by atoms with van der Waals surface area (Å²) < 4.78 is 0. The van der Waals surface area contributed by atoms with Gasteiger partial charge in [-0.3, -0.25) is 9.59 Å². The monoisotopic (exact) mass is 236 g/mol. The van der Waals surface area contributed by atoms with Crippen LogP contribution < -0.4 is 5.32 Å². The third-order valence-corrected chi connectivity index (χ3v) is 2.95. The number of nitrogens with zero attached hydrogens (tertiary/aromatic N) is 1. The van der Waals surface area contributed by atoms with Gasteiger partial charge in [0.25, 0.3) is 0 Å². The fourth-order valence-electron chi connectivity index (χ4n) is 2.01. The van der Waals surface area contributed by atoms with Gasteiger partial charge in [-0.2, -0.15) is 0 Å². The molecule has 2 amide bonds. The van der Waals surface area contributed by atoms with Gasteiger partial charge in [0.2, 0.25) is 11.8 Å². The molecule has 0 aromatic rings. The van der Waals surface area contributed by atoms with E-state index in [0.717, 1.165) is 0 Å². The van der Waals surface area contributed by atoms with Gasteiger partial charge in [-0.15, -0.1) is 12.3 Å². The molecule has 1 heterocycles. The standard InChI is InChI=1S/C13H20N2O2/c1-5-6-7-15-10(4)12(16)14-11(13(15)17)8-9(2)3/h1,9-11H,6-8H2,2-4H3,(H,14,16). The number of nitrogens with one attached hydrogen (secondary N) is 1. The van der Waals surface area contributed by atoms with Crippen LogP contribution in [0.15, 0.2) is 0 Å². The molecule has 2 atom stereocenters. The Bertz CT molecular complexity index is 344. The Hall–Kier alpha value is -1.50. The molecular weight excluding hydrogens is 216 g/mol. The van der Waals surface area contributed by atoms with Crippen LogP contribution in [0.1, 0.15) is 33.6 Å². The van der Waals surface area contributed by atoms with E-state index in [2.05, 4.69) is 11.2 Å². The molecule has 0 radical (unpaired) electrons. The van der Waals surface area contributed by atoms with Crippen molar-refractivity contribution in [3.8, 4) is 12.3 Å². The maximum absolute atomic E-state index is 12.2. The quantitative estimate of drug-likeness (QED) is 0.733. The largest absolute Gasteiger partial charge is 0.343 e. The summed E-state index contributed by atoms with van der Waals surface area (Å²) in [7, 11) is 0. The lowest BCUT2D eigenvalue weighted by molar-refractivity contribution is -0.148. The van der Waals surface area contributed by atoms with E-state index in [1.165, 1.54) is 0 Å². The number of rotatable bonds is 4. The first kappa shape index (κ1) is 13.6. The van der Waals surface area contributed by atoms with Crippen molar-refractivity contribution in [2.75, 3.05) is 6.54 Å². The number of carbonyl (C=O) groups excluding carboxylic acids is 2. The number of hydrogen-bond acceptors (Lipinski definition) is 2. The summed E-state index contributed by atoms with van der Waals surface area (Å²) in [6.45, 7) is 6.25. The molecule has 2 unspecified atom stereocenters. The van der Waals surface area contributed by atoms with Crippen molar-refractivity contribution in [3.05, 3.63) is 0 Å². The van der Waals surface area contributed by atoms with Gasteiger partial charge in [0, 0.05) is 13.0 Å². The predicted molar refractivity (Wildman–Crippen MR) is 66.0 cm³/mol. The van der Waals surface area contributed by atoms with Gasteiger partial charge in [0.1, 0.15) is 12.1 Å². The molecule has 0 aromatic carbocycles. The zero-order chi connectivity index (χ0) is 13.0. The van der Waals surface area contributed by atoms with Gasteiger partial charge in [0.15, 0.2) is 0 Å². The van der Waals surface area contributed by atoms with E-state index in [4.69, 9.17) is 6.42 Å². The van der Waals surface area contributed by atoms with Crippen molar-refractivity contribution < 1.29 is 9.59 Å². The number of hydrogen-bond donors (Lipinski definition) is 1. The van der Waals surface area contributed by atoms with Crippen molar-refractivity contribution in [2.45, 2.75) is 45.7 Å². The molecule has 1 fully saturated rings. The van der Waals surface area contributed by atoms with Crippen LogP contribution >= 0.6 is 0 Å². The van der Waals surface area contributed by atoms with Gasteiger partial charge in [0.05, 0.1) is 0 Å². The average Bonchev–Trinajstić information content (AvgIpc) is 2.25. The van der Waals surface area contributed by atoms with Crippen LogP contribution in [0.4, 0.5) is 0 Å². The zero-order valence-electron chi connectivity index (χ0n) is 10.7. The Morgan fingerprint density at radius 2 is 2.12 bits per heavy atom. The molecule has 1 aliphatic rings. The maximum Gasteiger partial charge on any atom is 0.245 e. The molecule has 0 bridgehead atoms. The molecule has 0 aromatic heterocycles. The van der Waals surface area contributed by atoms with Gasteiger partial charge in [-0.1, -0.05) is 13.8 Å². The second-order valence-electron chi connectivity index (χ2n) is 4.85. The van der Waals surface area contributed by atoms with Crippen molar-refractivity contribution in [1.82, 2.24) is 10.2 Å². The molecule has 17 heavy (non-hydrogen) atoms. The number of amides is 2. The Morgan fingerprint density at radius 1 is 1.47 bits per heavy atom. The molecule has 4 nitrogen and oxygen atoms in total. The normalized spacial score (nSPS) is 24.8. The highest BCUT2D eigenvalue weighted by atomic mass is 16.2. The van der Waals surface area contributed by atoms with Crippen LogP contribution in [0.5, 0.6) is 0 Å². The van der Waals surface area contributed by atoms with E-state index in [9.17, 15) is 9.59 Å². The minimum absolute atomic E-state index is 0.0129. The summed E-state index contributed by atoms with van der Waals surface area (Å²) in [4.78, 5) is 25.5. The van der Waals surface area contributed by atoms with Crippen molar-refractivity contribution in [3.63, 3.8) is 0 Å². The van der Waals surface area contributed by atoms with Crippen LogP contribution in [0, 0.1) is 18.3 Å². The SMILES string of the molecule is C#CCCN1C(=O)C(CC(C)C)NC(=O)C1C. The van der Waals surface area contributed by atoms with E-state index in [0.29, 0.717) is 25.3 Å². The van der Waals surface area contributed by atoms with Gasteiger partial charge in [-0.25, -0.2) is 0 Å². The molecule has 0 saturated carbocycles. The van der Waals surface area contributed by atoms with E-state index in [-0.39, 0.29) is 11.8 Å². The van der Waals surface area contributed by atoms with Gasteiger partial charge in [-0.05, 0) is 19.3 Å². The first-order valence-corrected chi connectivity index (χ1v) is 6.01. The lowest BCUT2D eigenvalue weighted by Gasteiger charge is -2.37. The Kier molecular flexibility index (Phi) is 4.56. The lowest BCUT2D eigenvalue weighted by atomic mass is 9.99. The van der Waals surface area contributed by atoms with E-state index < -0.39 is 12.1 Å². The summed E-state index contributed by atoms with van der Waals surface area (Å²) in [6.07, 6.45) is 6.35. The van der Waals surface area contributed by atoms with E-state index in [1.54, 1.807) is 11.8 Å². The second-order valence-corrected chi connectivity index (χ2v) is 4.85. The Balaban J connectivity index is 2.76. The van der Waals surface area contributed by atoms with Crippen LogP contribution in [0.2, 0.25) is 0 Å². The minimum Gasteiger partial charge on any atom is -0.343 e. The van der Waals surface area contributed by atoms with Crippen LogP contribution in [-0.2, 0) is 9.59 Å². The lowest BCUT2D eigenvalue weighted by Crippen LogP contribution is -2.62. The van der Waals surface area contributed by atoms with Crippen molar-refractivity contribution in [2.24, 2.45) is 5.92 Å². The minimum atomic E-state index is -0.417. The van der Waals surface area contributed by atoms with E-state index in [1.807, 2.05) is 13.8 Å².